The summed E-state index contributed by atoms with van der Waals surface area (Å²) in [6.45, 7) is 0.481. The minimum atomic E-state index is -0.242. The molecule has 0 aliphatic rings. The number of esters is 1. The molecule has 0 saturated heterocycles. The number of carbonyl (C=O) groups is 1. The quantitative estimate of drug-likeness (QED) is 0.471. The maximum atomic E-state index is 11.4. The third-order valence-corrected chi connectivity index (χ3v) is 2.36. The lowest BCUT2D eigenvalue weighted by atomic mass is 10.2. The van der Waals surface area contributed by atoms with Crippen LogP contribution in [-0.2, 0) is 4.74 Å². The van der Waals surface area contributed by atoms with Crippen LogP contribution >= 0.6 is 22.6 Å². The van der Waals surface area contributed by atoms with Gasteiger partial charge in [0.2, 0.25) is 0 Å². The SMILES string of the molecule is O=C(OCCC/C=C\I)c1ccccc1. The zero-order chi connectivity index (χ0) is 10.9. The molecular weight excluding hydrogens is 303 g/mol. The zero-order valence-corrected chi connectivity index (χ0v) is 10.5. The predicted molar refractivity (Wildman–Crippen MR) is 69.1 cm³/mol. The Bertz CT molecular complexity index is 320. The molecule has 0 aromatic heterocycles. The summed E-state index contributed by atoms with van der Waals surface area (Å²) in [5.74, 6) is -0.242. The van der Waals surface area contributed by atoms with Crippen molar-refractivity contribution in [3.05, 3.63) is 46.1 Å². The Morgan fingerprint density at radius 2 is 2.07 bits per heavy atom. The van der Waals surface area contributed by atoms with Gasteiger partial charge in [-0.1, -0.05) is 46.9 Å². The summed E-state index contributed by atoms with van der Waals surface area (Å²) in [6.07, 6.45) is 3.87. The Morgan fingerprint density at radius 3 is 2.73 bits per heavy atom. The van der Waals surface area contributed by atoms with Crippen LogP contribution in [0.1, 0.15) is 23.2 Å². The molecule has 0 bridgehead atoms. The fourth-order valence-corrected chi connectivity index (χ4v) is 1.45. The highest BCUT2D eigenvalue weighted by molar-refractivity contribution is 14.1. The summed E-state index contributed by atoms with van der Waals surface area (Å²) in [7, 11) is 0. The summed E-state index contributed by atoms with van der Waals surface area (Å²) in [5.41, 5.74) is 0.613. The summed E-state index contributed by atoms with van der Waals surface area (Å²) >= 11 is 2.17. The van der Waals surface area contributed by atoms with Crippen molar-refractivity contribution in [2.45, 2.75) is 12.8 Å². The van der Waals surface area contributed by atoms with Crippen molar-refractivity contribution in [3.63, 3.8) is 0 Å². The molecule has 0 atom stereocenters. The molecule has 1 aromatic carbocycles. The summed E-state index contributed by atoms with van der Waals surface area (Å²) in [5, 5.41) is 0. The molecule has 1 aromatic rings. The van der Waals surface area contributed by atoms with E-state index in [1.165, 1.54) is 0 Å². The Hall–Kier alpha value is -0.840. The molecule has 0 heterocycles. The molecular formula is C12H13IO2. The normalized spacial score (nSPS) is 10.5. The van der Waals surface area contributed by atoms with E-state index >= 15 is 0 Å². The first-order chi connectivity index (χ1) is 7.34. The standard InChI is InChI=1S/C12H13IO2/c13-9-5-2-6-10-15-12(14)11-7-3-1-4-8-11/h1,3-5,7-9H,2,6,10H2/b9-5-. The predicted octanol–water partition coefficient (Wildman–Crippen LogP) is 3.57. The van der Waals surface area contributed by atoms with E-state index in [9.17, 15) is 4.79 Å². The van der Waals surface area contributed by atoms with Gasteiger partial charge in [0.05, 0.1) is 12.2 Å². The number of unbranched alkanes of at least 4 members (excludes halogenated alkanes) is 1. The molecule has 1 rings (SSSR count). The molecule has 0 aliphatic carbocycles. The molecule has 0 spiro atoms. The van der Waals surface area contributed by atoms with Crippen LogP contribution in [-0.4, -0.2) is 12.6 Å². The van der Waals surface area contributed by atoms with Gasteiger partial charge in [-0.15, -0.1) is 0 Å². The molecule has 0 saturated carbocycles. The van der Waals surface area contributed by atoms with Crippen LogP contribution in [0.15, 0.2) is 40.5 Å². The monoisotopic (exact) mass is 316 g/mol. The number of allylic oxidation sites excluding steroid dienone is 1. The fraction of sp³-hybridized carbons (Fsp3) is 0.250. The number of hydrogen-bond acceptors (Lipinski definition) is 2. The smallest absolute Gasteiger partial charge is 0.338 e. The Kier molecular flexibility index (Phi) is 6.08. The van der Waals surface area contributed by atoms with E-state index in [-0.39, 0.29) is 5.97 Å². The first-order valence-corrected chi connectivity index (χ1v) is 6.06. The lowest BCUT2D eigenvalue weighted by molar-refractivity contribution is 0.0501. The van der Waals surface area contributed by atoms with E-state index in [1.54, 1.807) is 12.1 Å². The zero-order valence-electron chi connectivity index (χ0n) is 8.36. The molecule has 0 aliphatic heterocycles. The average molecular weight is 316 g/mol. The van der Waals surface area contributed by atoms with Crippen LogP contribution in [0.5, 0.6) is 0 Å². The van der Waals surface area contributed by atoms with E-state index < -0.39 is 0 Å². The molecule has 0 amide bonds. The first-order valence-electron chi connectivity index (χ1n) is 4.82. The van der Waals surface area contributed by atoms with E-state index in [0.717, 1.165) is 12.8 Å². The van der Waals surface area contributed by atoms with Crippen molar-refractivity contribution in [3.8, 4) is 0 Å². The third kappa shape index (κ3) is 4.97. The Morgan fingerprint density at radius 1 is 1.33 bits per heavy atom. The minimum absolute atomic E-state index is 0.242. The second kappa shape index (κ2) is 7.45. The minimum Gasteiger partial charge on any atom is -0.462 e. The van der Waals surface area contributed by atoms with Crippen molar-refractivity contribution >= 4 is 28.6 Å². The van der Waals surface area contributed by atoms with Gasteiger partial charge in [0.1, 0.15) is 0 Å². The van der Waals surface area contributed by atoms with Crippen LogP contribution in [0, 0.1) is 0 Å². The molecule has 3 heteroatoms. The highest BCUT2D eigenvalue weighted by Crippen LogP contribution is 2.02. The highest BCUT2D eigenvalue weighted by atomic mass is 127. The molecule has 80 valence electrons. The number of carbonyl (C=O) groups excluding carboxylic acids is 1. The van der Waals surface area contributed by atoms with Gasteiger partial charge >= 0.3 is 5.97 Å². The van der Waals surface area contributed by atoms with Crippen molar-refractivity contribution in [2.24, 2.45) is 0 Å². The lowest BCUT2D eigenvalue weighted by Gasteiger charge is -2.02. The molecule has 0 N–H and O–H groups in total. The van der Waals surface area contributed by atoms with Gasteiger partial charge in [-0.3, -0.25) is 0 Å². The third-order valence-electron chi connectivity index (χ3n) is 1.85. The number of benzene rings is 1. The lowest BCUT2D eigenvalue weighted by Crippen LogP contribution is -2.05. The van der Waals surface area contributed by atoms with Gasteiger partial charge in [0.15, 0.2) is 0 Å². The number of halogens is 1. The van der Waals surface area contributed by atoms with E-state index in [0.29, 0.717) is 12.2 Å². The summed E-state index contributed by atoms with van der Waals surface area (Å²) in [6, 6.07) is 9.05. The molecule has 15 heavy (non-hydrogen) atoms. The summed E-state index contributed by atoms with van der Waals surface area (Å²) in [4.78, 5) is 11.4. The fourth-order valence-electron chi connectivity index (χ4n) is 1.09. The van der Waals surface area contributed by atoms with Crippen LogP contribution in [0.25, 0.3) is 0 Å². The number of ether oxygens (including phenoxy) is 1. The van der Waals surface area contributed by atoms with Crippen LogP contribution in [0.3, 0.4) is 0 Å². The number of hydrogen-bond donors (Lipinski definition) is 0. The maximum absolute atomic E-state index is 11.4. The Labute approximate surface area is 103 Å². The van der Waals surface area contributed by atoms with Gasteiger partial charge in [-0.25, -0.2) is 4.79 Å². The first kappa shape index (κ1) is 12.2. The Balaban J connectivity index is 2.25. The van der Waals surface area contributed by atoms with E-state index in [4.69, 9.17) is 4.74 Å². The second-order valence-corrected chi connectivity index (χ2v) is 3.73. The molecule has 0 unspecified atom stereocenters. The van der Waals surface area contributed by atoms with Gasteiger partial charge in [0, 0.05) is 0 Å². The van der Waals surface area contributed by atoms with Gasteiger partial charge in [0.25, 0.3) is 0 Å². The highest BCUT2D eigenvalue weighted by Gasteiger charge is 2.04. The van der Waals surface area contributed by atoms with Crippen molar-refractivity contribution in [1.82, 2.24) is 0 Å². The molecule has 0 radical (unpaired) electrons. The van der Waals surface area contributed by atoms with Crippen LogP contribution < -0.4 is 0 Å². The van der Waals surface area contributed by atoms with Gasteiger partial charge in [-0.05, 0) is 29.1 Å². The van der Waals surface area contributed by atoms with E-state index in [1.807, 2.05) is 22.3 Å². The molecule has 2 nitrogen and oxygen atoms in total. The van der Waals surface area contributed by atoms with Gasteiger partial charge in [-0.2, -0.15) is 0 Å². The number of rotatable bonds is 5. The average Bonchev–Trinajstić information content (AvgIpc) is 2.30. The van der Waals surface area contributed by atoms with E-state index in [2.05, 4.69) is 28.7 Å². The van der Waals surface area contributed by atoms with Crippen molar-refractivity contribution in [1.29, 1.82) is 0 Å². The van der Waals surface area contributed by atoms with Gasteiger partial charge < -0.3 is 4.74 Å². The largest absolute Gasteiger partial charge is 0.462 e. The van der Waals surface area contributed by atoms with Crippen molar-refractivity contribution < 1.29 is 9.53 Å². The molecule has 0 fully saturated rings. The summed E-state index contributed by atoms with van der Waals surface area (Å²) < 4.78 is 7.07. The van der Waals surface area contributed by atoms with Crippen molar-refractivity contribution in [2.75, 3.05) is 6.61 Å². The maximum Gasteiger partial charge on any atom is 0.338 e. The van der Waals surface area contributed by atoms with Crippen LogP contribution in [0.4, 0.5) is 0 Å². The second-order valence-electron chi connectivity index (χ2n) is 3.01. The van der Waals surface area contributed by atoms with Crippen LogP contribution in [0.2, 0.25) is 0 Å². The topological polar surface area (TPSA) is 26.3 Å².